The van der Waals surface area contributed by atoms with E-state index in [4.69, 9.17) is 4.74 Å². The molecule has 0 bridgehead atoms. The van der Waals surface area contributed by atoms with Crippen molar-refractivity contribution in [2.24, 2.45) is 0 Å². The molecule has 2 aromatic rings. The van der Waals surface area contributed by atoms with Gasteiger partial charge in [0, 0.05) is 30.9 Å². The van der Waals surface area contributed by atoms with Crippen molar-refractivity contribution in [2.75, 3.05) is 25.5 Å². The quantitative estimate of drug-likeness (QED) is 0.629. The van der Waals surface area contributed by atoms with Crippen molar-refractivity contribution in [3.05, 3.63) is 41.8 Å². The van der Waals surface area contributed by atoms with Gasteiger partial charge in [0.25, 0.3) is 10.0 Å². The molecule has 1 aromatic carbocycles. The van der Waals surface area contributed by atoms with Crippen molar-refractivity contribution < 1.29 is 22.7 Å². The van der Waals surface area contributed by atoms with E-state index in [2.05, 4.69) is 10.6 Å². The lowest BCUT2D eigenvalue weighted by Gasteiger charge is -2.34. The van der Waals surface area contributed by atoms with Crippen LogP contribution < -0.4 is 15.4 Å². The number of carbonyl (C=O) groups excluding carboxylic acids is 2. The van der Waals surface area contributed by atoms with E-state index >= 15 is 0 Å². The Morgan fingerprint density at radius 3 is 2.77 bits per heavy atom. The molecule has 0 unspecified atom stereocenters. The number of nitrogens with one attached hydrogen (secondary N) is 2. The number of hydrogen-bond acceptors (Lipinski definition) is 6. The first-order chi connectivity index (χ1) is 14.4. The summed E-state index contributed by atoms with van der Waals surface area (Å²) in [6.45, 7) is 0.681. The molecule has 1 fully saturated rings. The summed E-state index contributed by atoms with van der Waals surface area (Å²) in [4.78, 5) is 24.2. The Bertz CT molecular complexity index is 976. The van der Waals surface area contributed by atoms with Gasteiger partial charge in [-0.1, -0.05) is 18.6 Å². The molecular formula is C20H25N3O5S2. The number of nitrogens with zero attached hydrogens (tertiary/aromatic N) is 1. The summed E-state index contributed by atoms with van der Waals surface area (Å²) in [6, 6.07) is 9.83. The van der Waals surface area contributed by atoms with E-state index in [1.807, 2.05) is 0 Å². The van der Waals surface area contributed by atoms with Gasteiger partial charge in [-0.25, -0.2) is 8.42 Å². The lowest BCUT2D eigenvalue weighted by Crippen LogP contribution is -2.45. The van der Waals surface area contributed by atoms with Gasteiger partial charge in [-0.05, 0) is 42.8 Å². The Kier molecular flexibility index (Phi) is 7.46. The fourth-order valence-electron chi connectivity index (χ4n) is 3.43. The van der Waals surface area contributed by atoms with Crippen LogP contribution in [0, 0.1) is 0 Å². The second-order valence-corrected chi connectivity index (χ2v) is 9.99. The molecule has 162 valence electrons. The molecule has 1 aliphatic rings. The van der Waals surface area contributed by atoms with Crippen molar-refractivity contribution in [3.63, 3.8) is 0 Å². The van der Waals surface area contributed by atoms with Gasteiger partial charge in [0.05, 0.1) is 7.11 Å². The van der Waals surface area contributed by atoms with Crippen molar-refractivity contribution in [2.45, 2.75) is 35.9 Å². The third kappa shape index (κ3) is 5.38. The SMILES string of the molecule is COc1cccc(NC(=O)C(=O)NCC[C@@H]2CCCCN2S(=O)(=O)c2cccs2)c1. The van der Waals surface area contributed by atoms with E-state index in [-0.39, 0.29) is 12.6 Å². The monoisotopic (exact) mass is 451 g/mol. The average molecular weight is 452 g/mol. The number of ether oxygens (including phenoxy) is 1. The molecule has 2 amide bonds. The fourth-order valence-corrected chi connectivity index (χ4v) is 6.27. The van der Waals surface area contributed by atoms with E-state index in [0.717, 1.165) is 19.3 Å². The molecule has 1 aliphatic heterocycles. The smallest absolute Gasteiger partial charge is 0.313 e. The van der Waals surface area contributed by atoms with Crippen molar-refractivity contribution in [3.8, 4) is 5.75 Å². The zero-order valence-corrected chi connectivity index (χ0v) is 18.3. The number of piperidine rings is 1. The predicted octanol–water partition coefficient (Wildman–Crippen LogP) is 2.44. The maximum absolute atomic E-state index is 12.9. The van der Waals surface area contributed by atoms with Crippen LogP contribution in [0.5, 0.6) is 5.75 Å². The number of sulfonamides is 1. The number of amides is 2. The first-order valence-electron chi connectivity index (χ1n) is 9.70. The average Bonchev–Trinajstić information content (AvgIpc) is 3.30. The van der Waals surface area contributed by atoms with E-state index in [1.54, 1.807) is 41.8 Å². The van der Waals surface area contributed by atoms with Crippen LogP contribution >= 0.6 is 11.3 Å². The van der Waals surface area contributed by atoms with Gasteiger partial charge in [-0.15, -0.1) is 11.3 Å². The Labute approximate surface area is 180 Å². The number of methoxy groups -OCH3 is 1. The molecular weight excluding hydrogens is 426 g/mol. The molecule has 3 rings (SSSR count). The van der Waals surface area contributed by atoms with E-state index in [1.165, 1.54) is 22.8 Å². The molecule has 2 N–H and O–H groups in total. The number of rotatable bonds is 7. The highest BCUT2D eigenvalue weighted by molar-refractivity contribution is 7.91. The highest BCUT2D eigenvalue weighted by atomic mass is 32.2. The number of carbonyl (C=O) groups is 2. The van der Waals surface area contributed by atoms with Crippen molar-refractivity contribution in [1.82, 2.24) is 9.62 Å². The third-order valence-corrected chi connectivity index (χ3v) is 8.25. The fraction of sp³-hybridized carbons (Fsp3) is 0.400. The first-order valence-corrected chi connectivity index (χ1v) is 12.0. The summed E-state index contributed by atoms with van der Waals surface area (Å²) in [6.07, 6.45) is 2.93. The molecule has 0 radical (unpaired) electrons. The van der Waals surface area contributed by atoms with Crippen LogP contribution in [0.4, 0.5) is 5.69 Å². The molecule has 1 aromatic heterocycles. The zero-order valence-electron chi connectivity index (χ0n) is 16.7. The number of benzene rings is 1. The van der Waals surface area contributed by atoms with Gasteiger partial charge in [-0.3, -0.25) is 9.59 Å². The summed E-state index contributed by atoms with van der Waals surface area (Å²) in [5.74, 6) is -0.978. The minimum atomic E-state index is -3.53. The van der Waals surface area contributed by atoms with E-state index in [0.29, 0.717) is 28.6 Å². The lowest BCUT2D eigenvalue weighted by atomic mass is 10.0. The summed E-state index contributed by atoms with van der Waals surface area (Å²) < 4.78 is 32.7. The van der Waals surface area contributed by atoms with Crippen LogP contribution in [-0.2, 0) is 19.6 Å². The minimum Gasteiger partial charge on any atom is -0.497 e. The molecule has 2 heterocycles. The van der Waals surface area contributed by atoms with Crippen molar-refractivity contribution in [1.29, 1.82) is 0 Å². The topological polar surface area (TPSA) is 105 Å². The standard InChI is InChI=1S/C20H25N3O5S2/c1-28-17-8-4-6-15(14-17)22-20(25)19(24)21-11-10-16-7-2-3-12-23(16)30(26,27)18-9-5-13-29-18/h4-6,8-9,13-14,16H,2-3,7,10-12H2,1H3,(H,21,24)(H,22,25)/t16-/m0/s1. The third-order valence-electron chi connectivity index (χ3n) is 4.93. The number of hydrogen-bond donors (Lipinski definition) is 2. The Balaban J connectivity index is 1.53. The van der Waals surface area contributed by atoms with Crippen LogP contribution in [-0.4, -0.2) is 50.8 Å². The first kappa shape index (κ1) is 22.3. The van der Waals surface area contributed by atoms with Crippen molar-refractivity contribution >= 4 is 38.9 Å². The minimum absolute atomic E-state index is 0.201. The van der Waals surface area contributed by atoms with Crippen LogP contribution in [0.3, 0.4) is 0 Å². The summed E-state index contributed by atoms with van der Waals surface area (Å²) >= 11 is 1.20. The van der Waals surface area contributed by atoms with Crippen LogP contribution in [0.25, 0.3) is 0 Å². The molecule has 8 nitrogen and oxygen atoms in total. The Hall–Kier alpha value is -2.43. The molecule has 0 aliphatic carbocycles. The number of thiophene rings is 1. The molecule has 1 saturated heterocycles. The van der Waals surface area contributed by atoms with Gasteiger partial charge in [0.1, 0.15) is 9.96 Å². The predicted molar refractivity (Wildman–Crippen MR) is 115 cm³/mol. The molecule has 10 heteroatoms. The second-order valence-electron chi connectivity index (χ2n) is 6.93. The maximum atomic E-state index is 12.9. The molecule has 0 spiro atoms. The molecule has 30 heavy (non-hydrogen) atoms. The van der Waals surface area contributed by atoms with Gasteiger partial charge >= 0.3 is 11.8 Å². The maximum Gasteiger partial charge on any atom is 0.313 e. The van der Waals surface area contributed by atoms with E-state index in [9.17, 15) is 18.0 Å². The summed E-state index contributed by atoms with van der Waals surface area (Å²) in [7, 11) is -2.02. The van der Waals surface area contributed by atoms with Gasteiger partial charge in [-0.2, -0.15) is 4.31 Å². The summed E-state index contributed by atoms with van der Waals surface area (Å²) in [5, 5.41) is 6.85. The van der Waals surface area contributed by atoms with E-state index < -0.39 is 21.8 Å². The highest BCUT2D eigenvalue weighted by Crippen LogP contribution is 2.29. The normalized spacial score (nSPS) is 17.3. The Morgan fingerprint density at radius 1 is 1.20 bits per heavy atom. The Morgan fingerprint density at radius 2 is 2.03 bits per heavy atom. The lowest BCUT2D eigenvalue weighted by molar-refractivity contribution is -0.136. The summed E-state index contributed by atoms with van der Waals surface area (Å²) in [5.41, 5.74) is 0.454. The highest BCUT2D eigenvalue weighted by Gasteiger charge is 2.33. The van der Waals surface area contributed by atoms with Crippen LogP contribution in [0.2, 0.25) is 0 Å². The van der Waals surface area contributed by atoms with Gasteiger partial charge < -0.3 is 15.4 Å². The largest absolute Gasteiger partial charge is 0.497 e. The van der Waals surface area contributed by atoms with Gasteiger partial charge in [0.2, 0.25) is 0 Å². The van der Waals surface area contributed by atoms with Crippen LogP contribution in [0.15, 0.2) is 46.0 Å². The number of anilines is 1. The molecule has 0 saturated carbocycles. The van der Waals surface area contributed by atoms with Gasteiger partial charge in [0.15, 0.2) is 0 Å². The second kappa shape index (κ2) is 10.1. The van der Waals surface area contributed by atoms with Crippen LogP contribution in [0.1, 0.15) is 25.7 Å². The zero-order chi connectivity index (χ0) is 21.6. The molecule has 1 atom stereocenters.